The van der Waals surface area contributed by atoms with Gasteiger partial charge in [0.15, 0.2) is 0 Å². The number of nitrogens with zero attached hydrogens (tertiary/aromatic N) is 2. The highest BCUT2D eigenvalue weighted by molar-refractivity contribution is 7.09. The predicted molar refractivity (Wildman–Crippen MR) is 85.8 cm³/mol. The molecule has 1 atom stereocenters. The summed E-state index contributed by atoms with van der Waals surface area (Å²) >= 11 is 1.60. The lowest BCUT2D eigenvalue weighted by atomic mass is 10.2. The first kappa shape index (κ1) is 16.4. The third kappa shape index (κ3) is 4.81. The number of aromatic amines is 1. The van der Waals surface area contributed by atoms with Gasteiger partial charge in [0.05, 0.1) is 12.2 Å². The number of carbonyl (C=O) groups is 1. The lowest BCUT2D eigenvalue weighted by Crippen LogP contribution is -2.28. The Morgan fingerprint density at radius 3 is 2.91 bits per heavy atom. The van der Waals surface area contributed by atoms with Gasteiger partial charge in [-0.3, -0.25) is 10.4 Å². The summed E-state index contributed by atoms with van der Waals surface area (Å²) < 4.78 is 5.22. The Hall–Kier alpha value is -1.93. The summed E-state index contributed by atoms with van der Waals surface area (Å²) in [4.78, 5) is 16.1. The molecule has 0 aliphatic rings. The van der Waals surface area contributed by atoms with Crippen LogP contribution < -0.4 is 10.6 Å². The van der Waals surface area contributed by atoms with Gasteiger partial charge in [0.2, 0.25) is 0 Å². The molecule has 2 aromatic heterocycles. The van der Waals surface area contributed by atoms with Gasteiger partial charge >= 0.3 is 6.09 Å². The summed E-state index contributed by atoms with van der Waals surface area (Å²) in [5.41, 5.74) is 0.316. The van der Waals surface area contributed by atoms with E-state index in [1.165, 1.54) is 0 Å². The molecule has 7 nitrogen and oxygen atoms in total. The van der Waals surface area contributed by atoms with Gasteiger partial charge in [-0.05, 0) is 27.7 Å². The van der Waals surface area contributed by atoms with Crippen molar-refractivity contribution in [2.24, 2.45) is 0 Å². The molecule has 0 bridgehead atoms. The summed E-state index contributed by atoms with van der Waals surface area (Å²) in [5, 5.41) is 15.7. The quantitative estimate of drug-likeness (QED) is 0.786. The van der Waals surface area contributed by atoms with E-state index in [0.29, 0.717) is 12.4 Å². The van der Waals surface area contributed by atoms with Crippen molar-refractivity contribution < 1.29 is 9.53 Å². The van der Waals surface area contributed by atoms with Crippen LogP contribution in [0.4, 0.5) is 10.6 Å². The first-order chi connectivity index (χ1) is 10.3. The molecule has 0 radical (unpaired) electrons. The number of nitrogens with one attached hydrogen (secondary N) is 3. The molecule has 2 heterocycles. The van der Waals surface area contributed by atoms with Crippen LogP contribution in [0.5, 0.6) is 0 Å². The van der Waals surface area contributed by atoms with E-state index in [-0.39, 0.29) is 6.04 Å². The molecule has 2 rings (SSSR count). The van der Waals surface area contributed by atoms with Crippen molar-refractivity contribution >= 4 is 23.2 Å². The molecule has 3 N–H and O–H groups in total. The predicted octanol–water partition coefficient (Wildman–Crippen LogP) is 3.06. The van der Waals surface area contributed by atoms with Crippen molar-refractivity contribution in [3.8, 4) is 0 Å². The Kier molecular flexibility index (Phi) is 5.15. The molecule has 1 unspecified atom stereocenters. The van der Waals surface area contributed by atoms with Gasteiger partial charge in [0.25, 0.3) is 0 Å². The summed E-state index contributed by atoms with van der Waals surface area (Å²) in [7, 11) is 0. The van der Waals surface area contributed by atoms with Crippen LogP contribution in [0.3, 0.4) is 0 Å². The number of carbonyl (C=O) groups excluding carboxylic acids is 1. The zero-order valence-corrected chi connectivity index (χ0v) is 14.0. The van der Waals surface area contributed by atoms with Crippen LogP contribution in [0.25, 0.3) is 0 Å². The van der Waals surface area contributed by atoms with Gasteiger partial charge in [0.1, 0.15) is 16.4 Å². The maximum Gasteiger partial charge on any atom is 0.413 e. The minimum atomic E-state index is -0.540. The van der Waals surface area contributed by atoms with Gasteiger partial charge in [0, 0.05) is 23.7 Å². The molecule has 0 fully saturated rings. The fourth-order valence-electron chi connectivity index (χ4n) is 1.76. The second-order valence-electron chi connectivity index (χ2n) is 5.87. The van der Waals surface area contributed by atoms with Gasteiger partial charge in [-0.1, -0.05) is 0 Å². The minimum absolute atomic E-state index is 0.129. The molecule has 0 aliphatic carbocycles. The molecule has 8 heteroatoms. The van der Waals surface area contributed by atoms with Gasteiger partial charge in [-0.15, -0.1) is 11.3 Å². The van der Waals surface area contributed by atoms with E-state index in [4.69, 9.17) is 4.74 Å². The lowest BCUT2D eigenvalue weighted by molar-refractivity contribution is 0.0635. The first-order valence-electron chi connectivity index (χ1n) is 7.00. The molecule has 120 valence electrons. The maximum atomic E-state index is 11.8. The normalized spacial score (nSPS) is 12.9. The highest BCUT2D eigenvalue weighted by Crippen LogP contribution is 2.18. The number of ether oxygens (including phenoxy) is 1. The summed E-state index contributed by atoms with van der Waals surface area (Å²) in [6.45, 7) is 8.05. The molecule has 0 aliphatic heterocycles. The van der Waals surface area contributed by atoms with E-state index in [1.54, 1.807) is 23.7 Å². The van der Waals surface area contributed by atoms with Crippen LogP contribution in [0.2, 0.25) is 0 Å². The number of H-pyrrole nitrogens is 1. The molecule has 2 aromatic rings. The van der Waals surface area contributed by atoms with E-state index in [0.717, 1.165) is 10.6 Å². The number of anilines is 1. The summed E-state index contributed by atoms with van der Waals surface area (Å²) in [6.07, 6.45) is 2.95. The monoisotopic (exact) mass is 323 g/mol. The van der Waals surface area contributed by atoms with Gasteiger partial charge < -0.3 is 10.1 Å². The van der Waals surface area contributed by atoms with E-state index < -0.39 is 11.7 Å². The highest BCUT2D eigenvalue weighted by Gasteiger charge is 2.18. The second kappa shape index (κ2) is 6.89. The van der Waals surface area contributed by atoms with Crippen molar-refractivity contribution in [3.05, 3.63) is 28.3 Å². The Bertz CT molecular complexity index is 603. The average molecular weight is 323 g/mol. The average Bonchev–Trinajstić information content (AvgIpc) is 3.04. The SMILES string of the molecule is CC(NCc1cn[nH]c1NC(=O)OC(C)(C)C)c1nccs1. The molecule has 0 spiro atoms. The van der Waals surface area contributed by atoms with Crippen LogP contribution in [0.15, 0.2) is 17.8 Å². The summed E-state index contributed by atoms with van der Waals surface area (Å²) in [6, 6.07) is 0.129. The number of thiazole rings is 1. The number of amides is 1. The van der Waals surface area contributed by atoms with Crippen molar-refractivity contribution in [1.82, 2.24) is 20.5 Å². The van der Waals surface area contributed by atoms with Crippen LogP contribution >= 0.6 is 11.3 Å². The van der Waals surface area contributed by atoms with Gasteiger partial charge in [-0.2, -0.15) is 5.10 Å². The molecule has 0 saturated heterocycles. The van der Waals surface area contributed by atoms with E-state index in [9.17, 15) is 4.79 Å². The fraction of sp³-hybridized carbons (Fsp3) is 0.500. The second-order valence-corrected chi connectivity index (χ2v) is 6.80. The number of hydrogen-bond donors (Lipinski definition) is 3. The largest absolute Gasteiger partial charge is 0.444 e. The molecular weight excluding hydrogens is 302 g/mol. The standard InChI is InChI=1S/C14H21N5O2S/c1-9(12-15-5-6-22-12)16-7-10-8-17-19-11(10)18-13(20)21-14(2,3)4/h5-6,8-9,16H,7H2,1-4H3,(H2,17,18,19,20). The van der Waals surface area contributed by atoms with Crippen molar-refractivity contribution in [1.29, 1.82) is 0 Å². The van der Waals surface area contributed by atoms with Crippen molar-refractivity contribution in [3.63, 3.8) is 0 Å². The smallest absolute Gasteiger partial charge is 0.413 e. The number of aromatic nitrogens is 3. The molecule has 0 aromatic carbocycles. The lowest BCUT2D eigenvalue weighted by Gasteiger charge is -2.19. The van der Waals surface area contributed by atoms with Crippen LogP contribution in [0.1, 0.15) is 44.3 Å². The molecule has 22 heavy (non-hydrogen) atoms. The minimum Gasteiger partial charge on any atom is -0.444 e. The molecule has 0 saturated carbocycles. The van der Waals surface area contributed by atoms with E-state index >= 15 is 0 Å². The molecular formula is C14H21N5O2S. The Balaban J connectivity index is 1.91. The van der Waals surface area contributed by atoms with Crippen LogP contribution in [0, 0.1) is 0 Å². The van der Waals surface area contributed by atoms with Crippen molar-refractivity contribution in [2.75, 3.05) is 5.32 Å². The number of rotatable bonds is 5. The fourth-order valence-corrected chi connectivity index (χ4v) is 2.43. The van der Waals surface area contributed by atoms with E-state index in [2.05, 4.69) is 25.8 Å². The van der Waals surface area contributed by atoms with Crippen LogP contribution in [-0.4, -0.2) is 26.9 Å². The van der Waals surface area contributed by atoms with Crippen molar-refractivity contribution in [2.45, 2.75) is 45.9 Å². The Morgan fingerprint density at radius 2 is 2.27 bits per heavy atom. The first-order valence-corrected chi connectivity index (χ1v) is 7.88. The Labute approximate surface area is 133 Å². The van der Waals surface area contributed by atoms with Crippen LogP contribution in [-0.2, 0) is 11.3 Å². The summed E-state index contributed by atoms with van der Waals surface area (Å²) in [5.74, 6) is 0.535. The molecule has 1 amide bonds. The number of hydrogen-bond acceptors (Lipinski definition) is 6. The third-order valence-electron chi connectivity index (χ3n) is 2.76. The topological polar surface area (TPSA) is 91.9 Å². The van der Waals surface area contributed by atoms with Gasteiger partial charge in [-0.25, -0.2) is 9.78 Å². The van der Waals surface area contributed by atoms with E-state index in [1.807, 2.05) is 33.1 Å². The maximum absolute atomic E-state index is 11.8. The zero-order chi connectivity index (χ0) is 16.2. The highest BCUT2D eigenvalue weighted by atomic mass is 32.1. The Morgan fingerprint density at radius 1 is 1.50 bits per heavy atom. The third-order valence-corrected chi connectivity index (χ3v) is 3.72. The zero-order valence-electron chi connectivity index (χ0n) is 13.1.